The molecule has 0 fully saturated rings. The first kappa shape index (κ1) is 9.72. The van der Waals surface area contributed by atoms with Crippen LogP contribution in [-0.4, -0.2) is 0 Å². The topological polar surface area (TPSA) is 13.1 Å². The lowest BCUT2D eigenvalue weighted by Crippen LogP contribution is -1.78. The Hall–Kier alpha value is -2.28. The van der Waals surface area contributed by atoms with Gasteiger partial charge in [0.1, 0.15) is 11.2 Å². The van der Waals surface area contributed by atoms with E-state index in [1.807, 2.05) is 12.1 Å². The predicted octanol–water partition coefficient (Wildman–Crippen LogP) is 5.05. The van der Waals surface area contributed by atoms with Crippen molar-refractivity contribution in [2.24, 2.45) is 0 Å². The summed E-state index contributed by atoms with van der Waals surface area (Å²) in [5.74, 6) is 0. The van der Waals surface area contributed by atoms with E-state index in [-0.39, 0.29) is 0 Å². The van der Waals surface area contributed by atoms with Gasteiger partial charge in [-0.15, -0.1) is 0 Å². The van der Waals surface area contributed by atoms with Gasteiger partial charge < -0.3 is 4.42 Å². The van der Waals surface area contributed by atoms with E-state index in [0.717, 1.165) is 11.2 Å². The van der Waals surface area contributed by atoms with Crippen LogP contribution >= 0.6 is 0 Å². The normalized spacial score (nSPS) is 11.6. The minimum atomic E-state index is 0.965. The number of hydrogen-bond donors (Lipinski definition) is 0. The summed E-state index contributed by atoms with van der Waals surface area (Å²) in [7, 11) is 0. The van der Waals surface area contributed by atoms with Crippen molar-refractivity contribution in [3.8, 4) is 0 Å². The van der Waals surface area contributed by atoms with E-state index in [1.54, 1.807) is 0 Å². The van der Waals surface area contributed by atoms with Gasteiger partial charge in [0.2, 0.25) is 0 Å². The Balaban J connectivity index is 2.38. The van der Waals surface area contributed by atoms with Crippen LogP contribution in [0.3, 0.4) is 0 Å². The van der Waals surface area contributed by atoms with Crippen molar-refractivity contribution in [1.29, 1.82) is 0 Å². The molecule has 3 aromatic carbocycles. The van der Waals surface area contributed by atoms with Crippen molar-refractivity contribution >= 4 is 32.7 Å². The molecule has 0 bridgehead atoms. The molecule has 0 N–H and O–H groups in total. The molecule has 1 heteroatoms. The summed E-state index contributed by atoms with van der Waals surface area (Å²) in [6, 6.07) is 18.9. The number of fused-ring (bicyclic) bond motifs is 5. The molecule has 0 aliphatic heterocycles. The first-order valence-electron chi connectivity index (χ1n) is 6.14. The molecule has 1 nitrogen and oxygen atoms in total. The Bertz CT molecular complexity index is 884. The molecular weight excluding hydrogens is 220 g/mol. The summed E-state index contributed by atoms with van der Waals surface area (Å²) < 4.78 is 6.05. The number of hydrogen-bond acceptors (Lipinski definition) is 1. The van der Waals surface area contributed by atoms with Crippen LogP contribution in [-0.2, 0) is 0 Å². The molecule has 0 amide bonds. The fourth-order valence-corrected chi connectivity index (χ4v) is 2.76. The molecule has 0 spiro atoms. The van der Waals surface area contributed by atoms with E-state index >= 15 is 0 Å². The molecule has 4 rings (SSSR count). The highest BCUT2D eigenvalue weighted by Crippen LogP contribution is 2.35. The summed E-state index contributed by atoms with van der Waals surface area (Å²) in [4.78, 5) is 0. The smallest absolute Gasteiger partial charge is 0.143 e. The van der Waals surface area contributed by atoms with Crippen molar-refractivity contribution < 1.29 is 4.42 Å². The number of para-hydroxylation sites is 1. The fraction of sp³-hybridized carbons (Fsp3) is 0.0588. The average molecular weight is 232 g/mol. The number of aryl methyl sites for hydroxylation is 1. The zero-order valence-corrected chi connectivity index (χ0v) is 10.1. The Morgan fingerprint density at radius 2 is 1.56 bits per heavy atom. The van der Waals surface area contributed by atoms with Crippen LogP contribution in [0.4, 0.5) is 0 Å². The van der Waals surface area contributed by atoms with Crippen LogP contribution < -0.4 is 0 Å². The van der Waals surface area contributed by atoms with E-state index in [9.17, 15) is 0 Å². The highest BCUT2D eigenvalue weighted by molar-refractivity contribution is 6.16. The Morgan fingerprint density at radius 3 is 2.44 bits per heavy atom. The van der Waals surface area contributed by atoms with Crippen LogP contribution in [0.15, 0.2) is 59.0 Å². The highest BCUT2D eigenvalue weighted by Gasteiger charge is 2.11. The van der Waals surface area contributed by atoms with Crippen molar-refractivity contribution in [1.82, 2.24) is 0 Å². The SMILES string of the molecule is Cc1cc2ccccc2c2oc3ccccc3c12. The van der Waals surface area contributed by atoms with Gasteiger partial charge in [-0.2, -0.15) is 0 Å². The summed E-state index contributed by atoms with van der Waals surface area (Å²) in [5, 5.41) is 4.87. The first-order valence-corrected chi connectivity index (χ1v) is 6.14. The average Bonchev–Trinajstić information content (AvgIpc) is 2.79. The quantitative estimate of drug-likeness (QED) is 0.413. The molecular formula is C17H12O. The largest absolute Gasteiger partial charge is 0.455 e. The number of furan rings is 1. The lowest BCUT2D eigenvalue weighted by atomic mass is 10.0. The molecule has 0 saturated heterocycles. The summed E-state index contributed by atoms with van der Waals surface area (Å²) in [6.07, 6.45) is 0. The van der Waals surface area contributed by atoms with Gasteiger partial charge in [-0.3, -0.25) is 0 Å². The maximum atomic E-state index is 6.05. The molecule has 0 radical (unpaired) electrons. The molecule has 4 aromatic rings. The lowest BCUT2D eigenvalue weighted by Gasteiger charge is -2.01. The molecule has 1 heterocycles. The van der Waals surface area contributed by atoms with Crippen LogP contribution in [0, 0.1) is 6.92 Å². The van der Waals surface area contributed by atoms with Crippen molar-refractivity contribution in [2.45, 2.75) is 6.92 Å². The van der Waals surface area contributed by atoms with Crippen LogP contribution in [0.25, 0.3) is 32.7 Å². The summed E-state index contributed by atoms with van der Waals surface area (Å²) in [6.45, 7) is 2.15. The molecule has 1 aromatic heterocycles. The van der Waals surface area contributed by atoms with Gasteiger partial charge in [-0.1, -0.05) is 48.5 Å². The lowest BCUT2D eigenvalue weighted by molar-refractivity contribution is 0.672. The molecule has 0 atom stereocenters. The molecule has 18 heavy (non-hydrogen) atoms. The highest BCUT2D eigenvalue weighted by atomic mass is 16.3. The van der Waals surface area contributed by atoms with Crippen LogP contribution in [0.2, 0.25) is 0 Å². The van der Waals surface area contributed by atoms with E-state index in [2.05, 4.69) is 49.4 Å². The second-order valence-corrected chi connectivity index (χ2v) is 4.72. The maximum absolute atomic E-state index is 6.05. The van der Waals surface area contributed by atoms with Gasteiger partial charge >= 0.3 is 0 Å². The third kappa shape index (κ3) is 1.16. The fourth-order valence-electron chi connectivity index (χ4n) is 2.76. The van der Waals surface area contributed by atoms with Crippen molar-refractivity contribution in [2.75, 3.05) is 0 Å². The molecule has 0 unspecified atom stereocenters. The van der Waals surface area contributed by atoms with Crippen molar-refractivity contribution in [3.05, 3.63) is 60.2 Å². The molecule has 86 valence electrons. The standard InChI is InChI=1S/C17H12O/c1-11-10-12-6-2-3-7-13(12)17-16(11)14-8-4-5-9-15(14)18-17/h2-10H,1H3. The number of benzene rings is 3. The minimum absolute atomic E-state index is 0.965. The zero-order chi connectivity index (χ0) is 12.1. The van der Waals surface area contributed by atoms with Gasteiger partial charge in [0.15, 0.2) is 0 Å². The van der Waals surface area contributed by atoms with Crippen LogP contribution in [0.5, 0.6) is 0 Å². The van der Waals surface area contributed by atoms with Gasteiger partial charge in [0.05, 0.1) is 0 Å². The monoisotopic (exact) mass is 232 g/mol. The second kappa shape index (κ2) is 3.36. The zero-order valence-electron chi connectivity index (χ0n) is 10.1. The predicted molar refractivity (Wildman–Crippen MR) is 76.0 cm³/mol. The Kier molecular flexibility index (Phi) is 1.81. The molecule has 0 aliphatic carbocycles. The third-order valence-corrected chi connectivity index (χ3v) is 3.57. The van der Waals surface area contributed by atoms with E-state index in [4.69, 9.17) is 4.42 Å². The van der Waals surface area contributed by atoms with E-state index < -0.39 is 0 Å². The van der Waals surface area contributed by atoms with E-state index in [1.165, 1.54) is 27.1 Å². The molecule has 0 aliphatic rings. The third-order valence-electron chi connectivity index (χ3n) is 3.57. The second-order valence-electron chi connectivity index (χ2n) is 4.72. The van der Waals surface area contributed by atoms with Gasteiger partial charge in [0, 0.05) is 16.2 Å². The maximum Gasteiger partial charge on any atom is 0.143 e. The minimum Gasteiger partial charge on any atom is -0.455 e. The van der Waals surface area contributed by atoms with E-state index in [0.29, 0.717) is 0 Å². The van der Waals surface area contributed by atoms with Gasteiger partial charge in [-0.05, 0) is 23.9 Å². The van der Waals surface area contributed by atoms with Crippen molar-refractivity contribution in [3.63, 3.8) is 0 Å². The van der Waals surface area contributed by atoms with Crippen LogP contribution in [0.1, 0.15) is 5.56 Å². The first-order chi connectivity index (χ1) is 8.84. The summed E-state index contributed by atoms with van der Waals surface area (Å²) in [5.41, 5.74) is 3.24. The molecule has 0 saturated carbocycles. The van der Waals surface area contributed by atoms with Gasteiger partial charge in [-0.25, -0.2) is 0 Å². The Labute approximate surface area is 105 Å². The summed E-state index contributed by atoms with van der Waals surface area (Å²) >= 11 is 0. The van der Waals surface area contributed by atoms with Gasteiger partial charge in [0.25, 0.3) is 0 Å². The Morgan fingerprint density at radius 1 is 0.833 bits per heavy atom. The number of rotatable bonds is 0.